The number of hydrogen-bond donors (Lipinski definition) is 3. The molecule has 1 heterocycles. The molecule has 0 bridgehead atoms. The lowest BCUT2D eigenvalue weighted by atomic mass is 9.88. The number of fused-ring (bicyclic) bond motifs is 1. The number of phenolic OH excluding ortho intramolecular Hbond substituents is 2. The van der Waals surface area contributed by atoms with Gasteiger partial charge in [0.15, 0.2) is 16.6 Å². The number of aromatic hydroxyl groups is 2. The minimum atomic E-state index is -0.157. The molecule has 3 N–H and O–H groups in total. The lowest BCUT2D eigenvalue weighted by molar-refractivity contribution is 0.329. The van der Waals surface area contributed by atoms with Crippen molar-refractivity contribution in [1.82, 2.24) is 10.2 Å². The molecule has 0 radical (unpaired) electrons. The van der Waals surface area contributed by atoms with Gasteiger partial charge < -0.3 is 20.4 Å². The van der Waals surface area contributed by atoms with E-state index in [9.17, 15) is 10.2 Å². The average molecular weight is 473 g/mol. The molecule has 0 saturated carbocycles. The summed E-state index contributed by atoms with van der Waals surface area (Å²) in [7, 11) is 0. The highest BCUT2D eigenvalue weighted by Gasteiger charge is 2.31. The smallest absolute Gasteiger partial charge is 0.169 e. The molecule has 3 aromatic carbocycles. The molecule has 1 unspecified atom stereocenters. The molecule has 1 atom stereocenters. The summed E-state index contributed by atoms with van der Waals surface area (Å²) in [5, 5.41) is 25.3. The number of nitrogens with zero attached hydrogens (tertiary/aromatic N) is 1. The third kappa shape index (κ3) is 4.74. The Kier molecular flexibility index (Phi) is 6.56. The van der Waals surface area contributed by atoms with Crippen LogP contribution in [0.15, 0.2) is 60.7 Å². The molecular weight excluding hydrogens is 451 g/mol. The van der Waals surface area contributed by atoms with Gasteiger partial charge in [0.2, 0.25) is 0 Å². The van der Waals surface area contributed by atoms with Crippen LogP contribution in [-0.4, -0.2) is 33.3 Å². The summed E-state index contributed by atoms with van der Waals surface area (Å²) in [6, 6.07) is 18.7. The monoisotopic (exact) mass is 472 g/mol. The number of benzene rings is 3. The van der Waals surface area contributed by atoms with Crippen LogP contribution in [0.1, 0.15) is 28.3 Å². The summed E-state index contributed by atoms with van der Waals surface area (Å²) in [4.78, 5) is 2.13. The van der Waals surface area contributed by atoms with E-state index >= 15 is 0 Å². The van der Waals surface area contributed by atoms with Crippen molar-refractivity contribution >= 4 is 40.5 Å². The van der Waals surface area contributed by atoms with E-state index in [4.69, 9.17) is 35.4 Å². The van der Waals surface area contributed by atoms with Crippen LogP contribution < -0.4 is 5.32 Å². The first-order valence-corrected chi connectivity index (χ1v) is 11.2. The SMILES string of the molecule is Oc1cc2c(cc1O)C(c1ccccc1)N(C(=S)NCCc1ccc(Cl)cc1Cl)CC2. The highest BCUT2D eigenvalue weighted by molar-refractivity contribution is 7.80. The Labute approximate surface area is 197 Å². The third-order valence-corrected chi connectivity index (χ3v) is 6.49. The van der Waals surface area contributed by atoms with Crippen molar-refractivity contribution in [3.8, 4) is 11.5 Å². The van der Waals surface area contributed by atoms with Gasteiger partial charge in [-0.2, -0.15) is 0 Å². The molecule has 0 saturated heterocycles. The molecule has 7 heteroatoms. The maximum atomic E-state index is 10.1. The molecule has 3 aromatic rings. The summed E-state index contributed by atoms with van der Waals surface area (Å²) in [6.45, 7) is 1.33. The van der Waals surface area contributed by atoms with Crippen molar-refractivity contribution in [3.63, 3.8) is 0 Å². The maximum Gasteiger partial charge on any atom is 0.169 e. The zero-order valence-electron chi connectivity index (χ0n) is 16.7. The molecule has 0 amide bonds. The van der Waals surface area contributed by atoms with Crippen LogP contribution in [0, 0.1) is 0 Å². The minimum absolute atomic E-state index is 0.0976. The van der Waals surface area contributed by atoms with Crippen LogP contribution in [0.3, 0.4) is 0 Å². The van der Waals surface area contributed by atoms with Crippen LogP contribution in [0.2, 0.25) is 10.0 Å². The molecule has 4 nitrogen and oxygen atoms in total. The molecule has 0 fully saturated rings. The van der Waals surface area contributed by atoms with Crippen molar-refractivity contribution in [1.29, 1.82) is 0 Å². The van der Waals surface area contributed by atoms with Gasteiger partial charge in [-0.15, -0.1) is 0 Å². The van der Waals surface area contributed by atoms with Gasteiger partial charge in [-0.05, 0) is 71.6 Å². The van der Waals surface area contributed by atoms with Crippen molar-refractivity contribution in [2.24, 2.45) is 0 Å². The van der Waals surface area contributed by atoms with E-state index in [-0.39, 0.29) is 17.5 Å². The van der Waals surface area contributed by atoms with Gasteiger partial charge in [0.1, 0.15) is 0 Å². The second-order valence-corrected chi connectivity index (χ2v) is 8.74. The van der Waals surface area contributed by atoms with Gasteiger partial charge in [0, 0.05) is 23.1 Å². The van der Waals surface area contributed by atoms with Gasteiger partial charge >= 0.3 is 0 Å². The van der Waals surface area contributed by atoms with Crippen LogP contribution in [0.5, 0.6) is 11.5 Å². The van der Waals surface area contributed by atoms with Crippen LogP contribution in [0.25, 0.3) is 0 Å². The molecule has 160 valence electrons. The molecule has 1 aliphatic heterocycles. The van der Waals surface area contributed by atoms with E-state index in [0.717, 1.165) is 28.7 Å². The Morgan fingerprint density at radius 2 is 1.77 bits per heavy atom. The van der Waals surface area contributed by atoms with Gasteiger partial charge in [-0.1, -0.05) is 59.6 Å². The Bertz CT molecular complexity index is 1110. The topological polar surface area (TPSA) is 55.7 Å². The minimum Gasteiger partial charge on any atom is -0.504 e. The maximum absolute atomic E-state index is 10.1. The van der Waals surface area contributed by atoms with Gasteiger partial charge in [-0.25, -0.2) is 0 Å². The summed E-state index contributed by atoms with van der Waals surface area (Å²) >= 11 is 18.0. The zero-order chi connectivity index (χ0) is 22.0. The van der Waals surface area contributed by atoms with E-state index in [2.05, 4.69) is 10.2 Å². The lowest BCUT2D eigenvalue weighted by Crippen LogP contribution is -2.46. The van der Waals surface area contributed by atoms with E-state index in [1.54, 1.807) is 18.2 Å². The first-order chi connectivity index (χ1) is 14.9. The predicted molar refractivity (Wildman–Crippen MR) is 129 cm³/mol. The fourth-order valence-electron chi connectivity index (χ4n) is 3.99. The Morgan fingerprint density at radius 1 is 1.03 bits per heavy atom. The molecule has 4 rings (SSSR count). The van der Waals surface area contributed by atoms with Gasteiger partial charge in [0.25, 0.3) is 0 Å². The standard InChI is InChI=1S/C24H22Cl2N2O2S/c25-18-7-6-15(20(26)13-18)8-10-27-24(31)28-11-9-17-12-21(29)22(30)14-19(17)23(28)16-4-2-1-3-5-16/h1-7,12-14,23,29-30H,8-11H2,(H,27,31). The summed E-state index contributed by atoms with van der Waals surface area (Å²) in [5.74, 6) is -0.225. The third-order valence-electron chi connectivity index (χ3n) is 5.53. The highest BCUT2D eigenvalue weighted by atomic mass is 35.5. The summed E-state index contributed by atoms with van der Waals surface area (Å²) < 4.78 is 0. The summed E-state index contributed by atoms with van der Waals surface area (Å²) in [6.07, 6.45) is 1.43. The number of rotatable bonds is 4. The average Bonchev–Trinajstić information content (AvgIpc) is 2.76. The number of hydrogen-bond acceptors (Lipinski definition) is 3. The first-order valence-electron chi connectivity index (χ1n) is 10.0. The van der Waals surface area contributed by atoms with Gasteiger partial charge in [-0.3, -0.25) is 0 Å². The Morgan fingerprint density at radius 3 is 2.52 bits per heavy atom. The number of nitrogens with one attached hydrogen (secondary N) is 1. The number of thiocarbonyl (C=S) groups is 1. The molecule has 31 heavy (non-hydrogen) atoms. The lowest BCUT2D eigenvalue weighted by Gasteiger charge is -2.39. The highest BCUT2D eigenvalue weighted by Crippen LogP contribution is 2.40. The quantitative estimate of drug-likeness (QED) is 0.347. The van der Waals surface area contributed by atoms with Crippen molar-refractivity contribution < 1.29 is 10.2 Å². The fourth-order valence-corrected chi connectivity index (χ4v) is 4.79. The Balaban J connectivity index is 1.55. The normalized spacial score (nSPS) is 15.4. The molecule has 0 spiro atoms. The van der Waals surface area contributed by atoms with Gasteiger partial charge in [0.05, 0.1) is 6.04 Å². The first kappa shape index (κ1) is 21.8. The van der Waals surface area contributed by atoms with Crippen molar-refractivity contribution in [2.75, 3.05) is 13.1 Å². The molecule has 1 aliphatic rings. The number of phenols is 2. The van der Waals surface area contributed by atoms with E-state index < -0.39 is 0 Å². The second kappa shape index (κ2) is 9.35. The van der Waals surface area contributed by atoms with Crippen LogP contribution in [0.4, 0.5) is 0 Å². The second-order valence-electron chi connectivity index (χ2n) is 7.51. The van der Waals surface area contributed by atoms with Crippen LogP contribution in [-0.2, 0) is 12.8 Å². The molecule has 0 aromatic heterocycles. The number of halogens is 2. The van der Waals surface area contributed by atoms with Crippen LogP contribution >= 0.6 is 35.4 Å². The van der Waals surface area contributed by atoms with Crippen molar-refractivity contribution in [3.05, 3.63) is 93.0 Å². The Hall–Kier alpha value is -2.47. The zero-order valence-corrected chi connectivity index (χ0v) is 19.0. The van der Waals surface area contributed by atoms with E-state index in [0.29, 0.717) is 34.7 Å². The van der Waals surface area contributed by atoms with E-state index in [1.807, 2.05) is 42.5 Å². The molecule has 0 aliphatic carbocycles. The fraction of sp³-hybridized carbons (Fsp3) is 0.208. The van der Waals surface area contributed by atoms with Crippen molar-refractivity contribution in [2.45, 2.75) is 18.9 Å². The predicted octanol–water partition coefficient (Wildman–Crippen LogP) is 5.47. The summed E-state index contributed by atoms with van der Waals surface area (Å²) in [5.41, 5.74) is 4.03. The van der Waals surface area contributed by atoms with E-state index in [1.165, 1.54) is 0 Å². The molecular formula is C24H22Cl2N2O2S. The largest absolute Gasteiger partial charge is 0.504 e.